The summed E-state index contributed by atoms with van der Waals surface area (Å²) in [7, 11) is 0. The monoisotopic (exact) mass is 230 g/mol. The van der Waals surface area contributed by atoms with E-state index < -0.39 is 0 Å². The second-order valence-corrected chi connectivity index (χ2v) is 5.73. The minimum atomic E-state index is -0.214. The fourth-order valence-electron chi connectivity index (χ4n) is 3.69. The van der Waals surface area contributed by atoms with Gasteiger partial charge in [-0.05, 0) is 48.1 Å². The molecule has 1 aromatic rings. The predicted molar refractivity (Wildman–Crippen MR) is 69.7 cm³/mol. The lowest BCUT2D eigenvalue weighted by atomic mass is 10.0. The van der Waals surface area contributed by atoms with Crippen molar-refractivity contribution in [1.82, 2.24) is 0 Å². The van der Waals surface area contributed by atoms with Gasteiger partial charge in [0, 0.05) is 0 Å². The number of fused-ring (bicyclic) bond motifs is 1. The largest absolute Gasteiger partial charge is 0.388 e. The summed E-state index contributed by atoms with van der Waals surface area (Å²) in [6.07, 6.45) is 6.30. The smallest absolute Gasteiger partial charge is 0.0823 e. The van der Waals surface area contributed by atoms with E-state index in [1.54, 1.807) is 0 Å². The van der Waals surface area contributed by atoms with Crippen LogP contribution in [0.4, 0.5) is 0 Å². The van der Waals surface area contributed by atoms with Crippen LogP contribution in [0.5, 0.6) is 0 Å². The first-order valence-corrected chi connectivity index (χ1v) is 7.08. The average molecular weight is 230 g/mol. The second kappa shape index (κ2) is 4.45. The van der Waals surface area contributed by atoms with Gasteiger partial charge < -0.3 is 5.11 Å². The van der Waals surface area contributed by atoms with Crippen LogP contribution in [0, 0.1) is 17.8 Å². The summed E-state index contributed by atoms with van der Waals surface area (Å²) in [5.41, 5.74) is 2.48. The summed E-state index contributed by atoms with van der Waals surface area (Å²) < 4.78 is 0. The highest BCUT2D eigenvalue weighted by Gasteiger charge is 2.54. The summed E-state index contributed by atoms with van der Waals surface area (Å²) in [5.74, 6) is 2.21. The molecule has 1 aromatic carbocycles. The van der Waals surface area contributed by atoms with Crippen LogP contribution in [-0.2, 0) is 6.42 Å². The van der Waals surface area contributed by atoms with E-state index in [1.165, 1.54) is 31.2 Å². The molecular weight excluding hydrogens is 208 g/mol. The molecule has 0 amide bonds. The van der Waals surface area contributed by atoms with Crippen LogP contribution >= 0.6 is 0 Å². The zero-order chi connectivity index (χ0) is 11.8. The number of hydrogen-bond acceptors (Lipinski definition) is 1. The molecule has 17 heavy (non-hydrogen) atoms. The van der Waals surface area contributed by atoms with Crippen molar-refractivity contribution in [3.05, 3.63) is 35.4 Å². The van der Waals surface area contributed by atoms with Crippen LogP contribution in [0.2, 0.25) is 0 Å². The molecule has 0 aromatic heterocycles. The number of aliphatic hydroxyl groups excluding tert-OH is 1. The van der Waals surface area contributed by atoms with Crippen molar-refractivity contribution in [1.29, 1.82) is 0 Å². The zero-order valence-corrected chi connectivity index (χ0v) is 10.6. The Bertz CT molecular complexity index is 369. The van der Waals surface area contributed by atoms with Crippen LogP contribution < -0.4 is 0 Å². The molecule has 1 heteroatoms. The van der Waals surface area contributed by atoms with E-state index in [9.17, 15) is 5.11 Å². The van der Waals surface area contributed by atoms with Gasteiger partial charge in [0.05, 0.1) is 6.10 Å². The highest BCUT2D eigenvalue weighted by Crippen LogP contribution is 2.60. The molecule has 2 fully saturated rings. The average Bonchev–Trinajstić information content (AvgIpc) is 3.12. The Morgan fingerprint density at radius 2 is 1.71 bits per heavy atom. The lowest BCUT2D eigenvalue weighted by molar-refractivity contribution is 0.142. The number of hydrogen-bond donors (Lipinski definition) is 1. The molecule has 0 aliphatic heterocycles. The summed E-state index contributed by atoms with van der Waals surface area (Å²) in [6.45, 7) is 2.17. The van der Waals surface area contributed by atoms with Crippen LogP contribution in [0.15, 0.2) is 24.3 Å². The predicted octanol–water partition coefficient (Wildman–Crippen LogP) is 3.72. The third-order valence-corrected chi connectivity index (χ3v) is 4.82. The Morgan fingerprint density at radius 3 is 2.24 bits per heavy atom. The lowest BCUT2D eigenvalue weighted by Crippen LogP contribution is -2.02. The van der Waals surface area contributed by atoms with Gasteiger partial charge in [-0.2, -0.15) is 0 Å². The van der Waals surface area contributed by atoms with E-state index in [2.05, 4.69) is 31.2 Å². The third-order valence-electron chi connectivity index (χ3n) is 4.82. The van der Waals surface area contributed by atoms with E-state index in [4.69, 9.17) is 0 Å². The fourth-order valence-corrected chi connectivity index (χ4v) is 3.69. The zero-order valence-electron chi connectivity index (χ0n) is 10.6. The minimum Gasteiger partial charge on any atom is -0.388 e. The van der Waals surface area contributed by atoms with Crippen molar-refractivity contribution >= 4 is 0 Å². The molecule has 1 N–H and O–H groups in total. The molecule has 0 bridgehead atoms. The Hall–Kier alpha value is -0.820. The Balaban J connectivity index is 1.71. The summed E-state index contributed by atoms with van der Waals surface area (Å²) in [4.78, 5) is 0. The fraction of sp³-hybridized carbons (Fsp3) is 0.625. The minimum absolute atomic E-state index is 0.214. The first kappa shape index (κ1) is 11.3. The molecule has 2 aliphatic rings. The Labute approximate surface area is 104 Å². The van der Waals surface area contributed by atoms with Gasteiger partial charge in [-0.25, -0.2) is 0 Å². The molecule has 2 aliphatic carbocycles. The number of aryl methyl sites for hydroxylation is 1. The molecule has 3 atom stereocenters. The van der Waals surface area contributed by atoms with Crippen molar-refractivity contribution in [2.24, 2.45) is 17.8 Å². The van der Waals surface area contributed by atoms with Gasteiger partial charge in [-0.15, -0.1) is 0 Å². The molecule has 0 radical (unpaired) electrons. The maximum absolute atomic E-state index is 10.5. The molecule has 0 spiro atoms. The number of benzene rings is 1. The van der Waals surface area contributed by atoms with E-state index in [0.717, 1.165) is 23.8 Å². The SMILES string of the molecule is CCc1ccc(C(O)C2C3CCCCC32)cc1. The molecule has 3 rings (SSSR count). The van der Waals surface area contributed by atoms with E-state index >= 15 is 0 Å². The Kier molecular flexibility index (Phi) is 2.96. The van der Waals surface area contributed by atoms with Crippen molar-refractivity contribution in [2.45, 2.75) is 45.1 Å². The quantitative estimate of drug-likeness (QED) is 0.839. The van der Waals surface area contributed by atoms with Gasteiger partial charge in [0.25, 0.3) is 0 Å². The highest BCUT2D eigenvalue weighted by molar-refractivity contribution is 5.26. The topological polar surface area (TPSA) is 20.2 Å². The molecule has 92 valence electrons. The van der Waals surface area contributed by atoms with Crippen LogP contribution in [-0.4, -0.2) is 5.11 Å². The van der Waals surface area contributed by atoms with Crippen molar-refractivity contribution in [2.75, 3.05) is 0 Å². The summed E-state index contributed by atoms with van der Waals surface area (Å²) in [5, 5.41) is 10.5. The molecular formula is C16H22O. The summed E-state index contributed by atoms with van der Waals surface area (Å²) >= 11 is 0. The normalized spacial score (nSPS) is 32.9. The van der Waals surface area contributed by atoms with Gasteiger partial charge in [0.2, 0.25) is 0 Å². The first-order valence-electron chi connectivity index (χ1n) is 7.08. The van der Waals surface area contributed by atoms with Gasteiger partial charge >= 0.3 is 0 Å². The summed E-state index contributed by atoms with van der Waals surface area (Å²) in [6, 6.07) is 8.55. The van der Waals surface area contributed by atoms with Gasteiger partial charge in [-0.3, -0.25) is 0 Å². The van der Waals surface area contributed by atoms with Crippen LogP contribution in [0.1, 0.15) is 49.8 Å². The maximum atomic E-state index is 10.5. The number of rotatable bonds is 3. The standard InChI is InChI=1S/C16H22O/c1-2-11-7-9-12(10-8-11)16(17)15-13-5-3-4-6-14(13)15/h7-10,13-17H,2-6H2,1H3. The highest BCUT2D eigenvalue weighted by atomic mass is 16.3. The molecule has 1 nitrogen and oxygen atoms in total. The molecule has 3 unspecified atom stereocenters. The van der Waals surface area contributed by atoms with E-state index in [0.29, 0.717) is 5.92 Å². The van der Waals surface area contributed by atoms with E-state index in [1.807, 2.05) is 0 Å². The maximum Gasteiger partial charge on any atom is 0.0823 e. The Morgan fingerprint density at radius 1 is 1.12 bits per heavy atom. The van der Waals surface area contributed by atoms with Crippen LogP contribution in [0.3, 0.4) is 0 Å². The van der Waals surface area contributed by atoms with Gasteiger partial charge in [0.15, 0.2) is 0 Å². The van der Waals surface area contributed by atoms with Crippen LogP contribution in [0.25, 0.3) is 0 Å². The van der Waals surface area contributed by atoms with Crippen molar-refractivity contribution in [3.63, 3.8) is 0 Å². The molecule has 2 saturated carbocycles. The van der Waals surface area contributed by atoms with Crippen molar-refractivity contribution in [3.8, 4) is 0 Å². The van der Waals surface area contributed by atoms with Gasteiger partial charge in [-0.1, -0.05) is 44.0 Å². The third kappa shape index (κ3) is 2.01. The van der Waals surface area contributed by atoms with E-state index in [-0.39, 0.29) is 6.10 Å². The second-order valence-electron chi connectivity index (χ2n) is 5.73. The molecule has 0 heterocycles. The van der Waals surface area contributed by atoms with Crippen molar-refractivity contribution < 1.29 is 5.11 Å². The van der Waals surface area contributed by atoms with Gasteiger partial charge in [0.1, 0.15) is 0 Å². The molecule has 0 saturated heterocycles. The number of aliphatic hydroxyl groups is 1. The first-order chi connectivity index (χ1) is 8.31. The lowest BCUT2D eigenvalue weighted by Gasteiger charge is -2.11.